The minimum atomic E-state index is -3.95. The summed E-state index contributed by atoms with van der Waals surface area (Å²) in [5.41, 5.74) is 0. The maximum atomic E-state index is 11.0. The molecule has 0 heterocycles. The van der Waals surface area contributed by atoms with Gasteiger partial charge in [0.15, 0.2) is 0 Å². The fraction of sp³-hybridized carbons (Fsp3) is 0.174. The van der Waals surface area contributed by atoms with Gasteiger partial charge in [-0.25, -0.2) is 0 Å². The molecule has 0 aliphatic carbocycles. The zero-order chi connectivity index (χ0) is 18.6. The van der Waals surface area contributed by atoms with Crippen LogP contribution in [-0.2, 0) is 0 Å². The maximum absolute atomic E-state index is 11.0. The van der Waals surface area contributed by atoms with Crippen molar-refractivity contribution in [3.05, 3.63) is 91.0 Å². The molecule has 0 radical (unpaired) electrons. The first-order valence-corrected chi connectivity index (χ1v) is 12.6. The van der Waals surface area contributed by atoms with Gasteiger partial charge in [0, 0.05) is 14.7 Å². The topological polar surface area (TPSA) is 23.8 Å². The van der Waals surface area contributed by atoms with Gasteiger partial charge in [0.25, 0.3) is 0 Å². The number of benzene rings is 3. The summed E-state index contributed by atoms with van der Waals surface area (Å²) < 4.78 is 0. The highest BCUT2D eigenvalue weighted by Crippen LogP contribution is 3.05. The van der Waals surface area contributed by atoms with Gasteiger partial charge >= 0.3 is 0 Å². The molecule has 0 saturated heterocycles. The van der Waals surface area contributed by atoms with E-state index in [0.717, 1.165) is 27.5 Å². The van der Waals surface area contributed by atoms with Gasteiger partial charge in [0.2, 0.25) is 0 Å². The molecule has 0 aliphatic heterocycles. The lowest BCUT2D eigenvalue weighted by molar-refractivity contribution is 0.882. The molecule has 0 bridgehead atoms. The van der Waals surface area contributed by atoms with Crippen LogP contribution >= 0.6 is 19.0 Å². The Morgan fingerprint density at radius 2 is 1.08 bits per heavy atom. The zero-order valence-electron chi connectivity index (χ0n) is 15.1. The third-order valence-electron chi connectivity index (χ3n) is 5.35. The molecule has 0 spiro atoms. The van der Waals surface area contributed by atoms with Crippen LogP contribution in [0, 0.1) is 10.7 Å². The standard InChI is InChI=1S/C23H25NS2/c1-2-3-19-26(25,20-24,21-13-7-4-8-14-21,22-15-9-5-10-16-22)23-17-11-6-12-18-23/h4-18,25H,2-3,19H2,1H3. The average molecular weight is 380 g/mol. The quantitative estimate of drug-likeness (QED) is 0.274. The van der Waals surface area contributed by atoms with Crippen LogP contribution in [0.25, 0.3) is 0 Å². The van der Waals surface area contributed by atoms with Crippen LogP contribution in [0.4, 0.5) is 0 Å². The van der Waals surface area contributed by atoms with Gasteiger partial charge in [0.1, 0.15) is 5.40 Å². The number of rotatable bonds is 6. The lowest BCUT2D eigenvalue weighted by atomic mass is 10.3. The van der Waals surface area contributed by atoms with E-state index in [1.54, 1.807) is 0 Å². The van der Waals surface area contributed by atoms with E-state index >= 15 is 0 Å². The van der Waals surface area contributed by atoms with Crippen LogP contribution in [0.5, 0.6) is 0 Å². The number of unbranched alkanes of at least 4 members (excludes halogenated alkanes) is 1. The van der Waals surface area contributed by atoms with Crippen molar-refractivity contribution in [1.82, 2.24) is 0 Å². The first kappa shape index (κ1) is 18.6. The van der Waals surface area contributed by atoms with E-state index in [4.69, 9.17) is 11.7 Å². The number of hydrogen-bond donors (Lipinski definition) is 1. The van der Waals surface area contributed by atoms with Gasteiger partial charge in [-0.15, -0.1) is 19.0 Å². The second kappa shape index (κ2) is 6.54. The summed E-state index contributed by atoms with van der Waals surface area (Å²) in [4.78, 5) is 3.01. The van der Waals surface area contributed by atoms with E-state index in [9.17, 15) is 5.26 Å². The minimum Gasteiger partial charge on any atom is -0.187 e. The second-order valence-corrected chi connectivity index (χ2v) is 15.1. The van der Waals surface area contributed by atoms with E-state index in [1.807, 2.05) is 54.6 Å². The molecule has 3 aromatic carbocycles. The van der Waals surface area contributed by atoms with Gasteiger partial charge in [-0.3, -0.25) is 0 Å². The molecule has 26 heavy (non-hydrogen) atoms. The average Bonchev–Trinajstić information content (AvgIpc) is 2.74. The van der Waals surface area contributed by atoms with Gasteiger partial charge in [0.05, 0.1) is 0 Å². The zero-order valence-corrected chi connectivity index (χ0v) is 16.8. The third kappa shape index (κ3) is 2.33. The van der Waals surface area contributed by atoms with E-state index in [1.165, 1.54) is 0 Å². The van der Waals surface area contributed by atoms with Crippen LogP contribution < -0.4 is 0 Å². The summed E-state index contributed by atoms with van der Waals surface area (Å²) >= 11 is 5.56. The highest BCUT2D eigenvalue weighted by Gasteiger charge is 2.62. The Morgan fingerprint density at radius 1 is 0.731 bits per heavy atom. The number of nitriles is 1. The first-order chi connectivity index (χ1) is 12.6. The lowest BCUT2D eigenvalue weighted by Crippen LogP contribution is -2.33. The molecule has 3 heteroatoms. The van der Waals surface area contributed by atoms with Crippen molar-refractivity contribution in [2.24, 2.45) is 0 Å². The van der Waals surface area contributed by atoms with E-state index in [2.05, 4.69) is 48.7 Å². The minimum absolute atomic E-state index is 0.703. The number of nitrogens with zero attached hydrogens (tertiary/aromatic N) is 1. The lowest BCUT2D eigenvalue weighted by Gasteiger charge is -2.71. The Morgan fingerprint density at radius 3 is 1.35 bits per heavy atom. The molecule has 0 N–H and O–H groups in total. The molecule has 134 valence electrons. The Kier molecular flexibility index (Phi) is 4.69. The Balaban J connectivity index is 2.59. The SMILES string of the molecule is CCCCS(S)(C#N)(c1ccccc1)(c1ccccc1)c1ccccc1. The van der Waals surface area contributed by atoms with Crippen molar-refractivity contribution in [3.63, 3.8) is 0 Å². The number of thiocyanates is 1. The maximum Gasteiger partial charge on any atom is 0.118 e. The van der Waals surface area contributed by atoms with Crippen molar-refractivity contribution >= 4 is 19.0 Å². The van der Waals surface area contributed by atoms with E-state index in [-0.39, 0.29) is 0 Å². The van der Waals surface area contributed by atoms with Crippen LogP contribution in [0.2, 0.25) is 0 Å². The van der Waals surface area contributed by atoms with Crippen LogP contribution in [0.1, 0.15) is 19.8 Å². The molecule has 3 aromatic rings. The van der Waals surface area contributed by atoms with Crippen LogP contribution in [-0.4, -0.2) is 5.75 Å². The normalized spacial score (nSPS) is 14.0. The molecular formula is C23H25NS2. The molecule has 0 fully saturated rings. The van der Waals surface area contributed by atoms with Crippen molar-refractivity contribution in [1.29, 1.82) is 5.26 Å². The summed E-state index contributed by atoms with van der Waals surface area (Å²) in [7, 11) is -3.95. The number of hydrogen-bond acceptors (Lipinski definition) is 2. The fourth-order valence-electron chi connectivity index (χ4n) is 3.81. The number of thiol groups is 1. The van der Waals surface area contributed by atoms with Crippen molar-refractivity contribution in [2.75, 3.05) is 5.75 Å². The predicted molar refractivity (Wildman–Crippen MR) is 116 cm³/mol. The highest BCUT2D eigenvalue weighted by atomic mass is 33.2. The highest BCUT2D eigenvalue weighted by molar-refractivity contribution is 9.10. The van der Waals surface area contributed by atoms with Crippen molar-refractivity contribution in [2.45, 2.75) is 34.5 Å². The largest absolute Gasteiger partial charge is 0.187 e. The van der Waals surface area contributed by atoms with Crippen LogP contribution in [0.3, 0.4) is 0 Å². The van der Waals surface area contributed by atoms with Gasteiger partial charge in [-0.05, 0) is 48.6 Å². The third-order valence-corrected chi connectivity index (χ3v) is 14.4. The first-order valence-electron chi connectivity index (χ1n) is 8.95. The Bertz CT molecular complexity index is 828. The van der Waals surface area contributed by atoms with Gasteiger partial charge in [-0.2, -0.15) is 5.26 Å². The molecule has 1 nitrogen and oxygen atoms in total. The van der Waals surface area contributed by atoms with Crippen molar-refractivity contribution < 1.29 is 0 Å². The van der Waals surface area contributed by atoms with E-state index < -0.39 is 7.33 Å². The van der Waals surface area contributed by atoms with Crippen LogP contribution in [0.15, 0.2) is 106 Å². The molecule has 0 aromatic heterocycles. The summed E-state index contributed by atoms with van der Waals surface area (Å²) in [6.45, 7) is 2.17. The molecule has 0 unspecified atom stereocenters. The second-order valence-electron chi connectivity index (χ2n) is 6.77. The Hall–Kier alpha value is -2.15. The van der Waals surface area contributed by atoms with Crippen molar-refractivity contribution in [3.8, 4) is 5.40 Å². The summed E-state index contributed by atoms with van der Waals surface area (Å²) in [6, 6.07) is 30.5. The molecule has 0 atom stereocenters. The molecule has 0 aliphatic rings. The van der Waals surface area contributed by atoms with Gasteiger partial charge in [-0.1, -0.05) is 67.9 Å². The van der Waals surface area contributed by atoms with E-state index in [0.29, 0.717) is 5.75 Å². The molecule has 3 rings (SSSR count). The molecule has 0 saturated carbocycles. The smallest absolute Gasteiger partial charge is 0.118 e. The van der Waals surface area contributed by atoms with Gasteiger partial charge < -0.3 is 0 Å². The summed E-state index contributed by atoms with van der Waals surface area (Å²) in [5, 5.41) is 13.9. The summed E-state index contributed by atoms with van der Waals surface area (Å²) in [5.74, 6) is 0.703. The Labute approximate surface area is 160 Å². The molecular weight excluding hydrogens is 354 g/mol. The molecule has 0 amide bonds. The monoisotopic (exact) mass is 379 g/mol. The fourth-order valence-corrected chi connectivity index (χ4v) is 10.9. The predicted octanol–water partition coefficient (Wildman–Crippen LogP) is 7.17. The summed E-state index contributed by atoms with van der Waals surface area (Å²) in [6.07, 6.45) is 1.94.